The van der Waals surface area contributed by atoms with Gasteiger partial charge in [-0.25, -0.2) is 10.4 Å². The Morgan fingerprint density at radius 2 is 2.19 bits per heavy atom. The lowest BCUT2D eigenvalue weighted by Crippen LogP contribution is -2.29. The molecule has 4 nitrogen and oxygen atoms in total. The van der Waals surface area contributed by atoms with E-state index in [2.05, 4.69) is 26.3 Å². The number of rotatable bonds is 3. The summed E-state index contributed by atoms with van der Waals surface area (Å²) in [5, 5.41) is 0. The third-order valence-corrected chi connectivity index (χ3v) is 3.92. The summed E-state index contributed by atoms with van der Waals surface area (Å²) < 4.78 is 1.06. The Kier molecular flexibility index (Phi) is 3.55. The molecule has 0 aliphatic carbocycles. The van der Waals surface area contributed by atoms with Crippen LogP contribution in [-0.4, -0.2) is 4.98 Å². The molecule has 2 aromatic heterocycles. The Labute approximate surface area is 106 Å². The Morgan fingerprint density at radius 3 is 2.75 bits per heavy atom. The van der Waals surface area contributed by atoms with Crippen LogP contribution in [0.2, 0.25) is 0 Å². The molecular weight excluding hydrogens is 288 g/mol. The van der Waals surface area contributed by atoms with Crippen molar-refractivity contribution >= 4 is 33.1 Å². The molecule has 2 heterocycles. The third kappa shape index (κ3) is 2.25. The van der Waals surface area contributed by atoms with Crippen molar-refractivity contribution in [2.75, 3.05) is 5.73 Å². The van der Waals surface area contributed by atoms with Crippen LogP contribution in [0.15, 0.2) is 34.2 Å². The van der Waals surface area contributed by atoms with Gasteiger partial charge in [-0.1, -0.05) is 6.07 Å². The Bertz CT molecular complexity index is 485. The number of nitrogens with two attached hydrogens (primary N) is 2. The molecule has 6 heteroatoms. The Hall–Kier alpha value is -0.950. The fourth-order valence-corrected chi connectivity index (χ4v) is 2.99. The molecule has 0 amide bonds. The van der Waals surface area contributed by atoms with Gasteiger partial charge in [0, 0.05) is 16.6 Å². The van der Waals surface area contributed by atoms with E-state index in [9.17, 15) is 0 Å². The molecule has 0 spiro atoms. The average molecular weight is 299 g/mol. The Balaban J connectivity index is 2.40. The predicted molar refractivity (Wildman–Crippen MR) is 69.8 cm³/mol. The summed E-state index contributed by atoms with van der Waals surface area (Å²) in [5.74, 6) is 6.07. The smallest absolute Gasteiger partial charge is 0.128 e. The summed E-state index contributed by atoms with van der Waals surface area (Å²) in [7, 11) is 0. The number of halogens is 1. The van der Waals surface area contributed by atoms with Gasteiger partial charge in [0.15, 0.2) is 0 Å². The molecule has 1 atom stereocenters. The number of hydrogen-bond donors (Lipinski definition) is 3. The van der Waals surface area contributed by atoms with Gasteiger partial charge in [0.1, 0.15) is 5.82 Å². The van der Waals surface area contributed by atoms with Crippen molar-refractivity contribution in [1.82, 2.24) is 10.4 Å². The van der Waals surface area contributed by atoms with E-state index in [4.69, 9.17) is 11.6 Å². The van der Waals surface area contributed by atoms with Crippen molar-refractivity contribution in [2.45, 2.75) is 6.04 Å². The highest BCUT2D eigenvalue weighted by atomic mass is 79.9. The normalized spacial score (nSPS) is 12.6. The first-order chi connectivity index (χ1) is 7.72. The number of nitrogen functional groups attached to an aromatic ring is 1. The van der Waals surface area contributed by atoms with Gasteiger partial charge >= 0.3 is 0 Å². The van der Waals surface area contributed by atoms with Crippen molar-refractivity contribution in [3.63, 3.8) is 0 Å². The molecule has 0 bridgehead atoms. The minimum atomic E-state index is -0.120. The molecule has 0 saturated heterocycles. The summed E-state index contributed by atoms with van der Waals surface area (Å²) in [6, 6.07) is 7.63. The first kappa shape index (κ1) is 11.5. The SMILES string of the molecule is NNC(c1ccc(Br)s1)c1cccnc1N. The Morgan fingerprint density at radius 1 is 1.38 bits per heavy atom. The molecule has 0 aliphatic rings. The van der Waals surface area contributed by atoms with E-state index in [0.29, 0.717) is 5.82 Å². The average Bonchev–Trinajstić information content (AvgIpc) is 2.69. The summed E-state index contributed by atoms with van der Waals surface area (Å²) in [6.45, 7) is 0. The number of pyridine rings is 1. The molecule has 5 N–H and O–H groups in total. The van der Waals surface area contributed by atoms with Crippen molar-refractivity contribution in [1.29, 1.82) is 0 Å². The lowest BCUT2D eigenvalue weighted by Gasteiger charge is -2.15. The zero-order chi connectivity index (χ0) is 11.5. The van der Waals surface area contributed by atoms with Gasteiger partial charge in [-0.05, 0) is 34.1 Å². The van der Waals surface area contributed by atoms with Crippen LogP contribution < -0.4 is 17.0 Å². The molecule has 0 saturated carbocycles. The minimum absolute atomic E-state index is 0.120. The van der Waals surface area contributed by atoms with Crippen molar-refractivity contribution in [2.24, 2.45) is 5.84 Å². The molecule has 2 rings (SSSR count). The predicted octanol–water partition coefficient (Wildman–Crippen LogP) is 2.04. The van der Waals surface area contributed by atoms with E-state index in [1.807, 2.05) is 24.3 Å². The van der Waals surface area contributed by atoms with Crippen LogP contribution >= 0.6 is 27.3 Å². The highest BCUT2D eigenvalue weighted by Gasteiger charge is 2.17. The lowest BCUT2D eigenvalue weighted by atomic mass is 10.1. The molecule has 1 unspecified atom stereocenters. The van der Waals surface area contributed by atoms with Gasteiger partial charge in [0.2, 0.25) is 0 Å². The molecule has 0 aromatic carbocycles. The second-order valence-corrected chi connectivity index (χ2v) is 5.71. The van der Waals surface area contributed by atoms with Crippen molar-refractivity contribution < 1.29 is 0 Å². The number of aromatic nitrogens is 1. The highest BCUT2D eigenvalue weighted by molar-refractivity contribution is 9.11. The first-order valence-electron chi connectivity index (χ1n) is 4.64. The molecule has 16 heavy (non-hydrogen) atoms. The highest BCUT2D eigenvalue weighted by Crippen LogP contribution is 2.32. The second-order valence-electron chi connectivity index (χ2n) is 3.22. The van der Waals surface area contributed by atoms with Gasteiger partial charge in [-0.3, -0.25) is 5.84 Å². The molecular formula is C10H11BrN4S. The lowest BCUT2D eigenvalue weighted by molar-refractivity contribution is 0.646. The van der Waals surface area contributed by atoms with Gasteiger partial charge in [-0.15, -0.1) is 11.3 Å². The topological polar surface area (TPSA) is 77.0 Å². The summed E-state index contributed by atoms with van der Waals surface area (Å²) in [6.07, 6.45) is 1.66. The van der Waals surface area contributed by atoms with Crippen LogP contribution in [0, 0.1) is 0 Å². The van der Waals surface area contributed by atoms with Crippen LogP contribution in [0.5, 0.6) is 0 Å². The monoisotopic (exact) mass is 298 g/mol. The van der Waals surface area contributed by atoms with Crippen LogP contribution in [0.1, 0.15) is 16.5 Å². The summed E-state index contributed by atoms with van der Waals surface area (Å²) in [5.41, 5.74) is 9.47. The number of nitrogens with zero attached hydrogens (tertiary/aromatic N) is 1. The van der Waals surface area contributed by atoms with Gasteiger partial charge in [0.25, 0.3) is 0 Å². The molecule has 0 aliphatic heterocycles. The van der Waals surface area contributed by atoms with Crippen LogP contribution in [-0.2, 0) is 0 Å². The second kappa shape index (κ2) is 4.92. The van der Waals surface area contributed by atoms with Gasteiger partial charge < -0.3 is 5.73 Å². The standard InChI is InChI=1S/C10H11BrN4S/c11-8-4-3-7(16-8)9(15-13)6-2-1-5-14-10(6)12/h1-5,9,15H,13H2,(H2,12,14). The zero-order valence-corrected chi connectivity index (χ0v) is 10.8. The summed E-state index contributed by atoms with van der Waals surface area (Å²) in [4.78, 5) is 5.15. The van der Waals surface area contributed by atoms with E-state index >= 15 is 0 Å². The van der Waals surface area contributed by atoms with E-state index in [1.54, 1.807) is 17.5 Å². The number of hydrogen-bond acceptors (Lipinski definition) is 5. The third-order valence-electron chi connectivity index (χ3n) is 2.23. The van der Waals surface area contributed by atoms with Crippen molar-refractivity contribution in [3.05, 3.63) is 44.7 Å². The number of anilines is 1. The summed E-state index contributed by atoms with van der Waals surface area (Å²) >= 11 is 5.04. The minimum Gasteiger partial charge on any atom is -0.383 e. The maximum atomic E-state index is 5.83. The van der Waals surface area contributed by atoms with Crippen molar-refractivity contribution in [3.8, 4) is 0 Å². The number of hydrazine groups is 1. The zero-order valence-electron chi connectivity index (χ0n) is 8.35. The molecule has 84 valence electrons. The van der Waals surface area contributed by atoms with E-state index < -0.39 is 0 Å². The maximum Gasteiger partial charge on any atom is 0.128 e. The molecule has 0 radical (unpaired) electrons. The number of thiophene rings is 1. The van der Waals surface area contributed by atoms with E-state index in [-0.39, 0.29) is 6.04 Å². The fraction of sp³-hybridized carbons (Fsp3) is 0.100. The quantitative estimate of drug-likeness (QED) is 0.599. The van der Waals surface area contributed by atoms with Gasteiger partial charge in [-0.2, -0.15) is 0 Å². The van der Waals surface area contributed by atoms with Crippen LogP contribution in [0.25, 0.3) is 0 Å². The fourth-order valence-electron chi connectivity index (χ4n) is 1.48. The molecule has 2 aromatic rings. The van der Waals surface area contributed by atoms with E-state index in [0.717, 1.165) is 14.2 Å². The molecule has 0 fully saturated rings. The van der Waals surface area contributed by atoms with E-state index in [1.165, 1.54) is 0 Å². The van der Waals surface area contributed by atoms with Crippen LogP contribution in [0.3, 0.4) is 0 Å². The van der Waals surface area contributed by atoms with Crippen LogP contribution in [0.4, 0.5) is 5.82 Å². The van der Waals surface area contributed by atoms with Gasteiger partial charge in [0.05, 0.1) is 9.83 Å². The largest absolute Gasteiger partial charge is 0.383 e. The first-order valence-corrected chi connectivity index (χ1v) is 6.25. The number of nitrogens with one attached hydrogen (secondary N) is 1. The maximum absolute atomic E-state index is 5.83.